The Bertz CT molecular complexity index is 533. The van der Waals surface area contributed by atoms with Crippen molar-refractivity contribution in [1.29, 1.82) is 0 Å². The first-order valence-corrected chi connectivity index (χ1v) is 5.34. The van der Waals surface area contributed by atoms with Crippen molar-refractivity contribution in [2.45, 2.75) is 6.54 Å². The highest BCUT2D eigenvalue weighted by Gasteiger charge is 2.08. The molecule has 0 bridgehead atoms. The molecule has 5 nitrogen and oxygen atoms in total. The van der Waals surface area contributed by atoms with E-state index in [0.717, 1.165) is 0 Å². The van der Waals surface area contributed by atoms with Crippen molar-refractivity contribution >= 4 is 11.4 Å². The molecular weight excluding hydrogens is 235 g/mol. The van der Waals surface area contributed by atoms with E-state index in [1.54, 1.807) is 18.3 Å². The Hall–Kier alpha value is -2.37. The van der Waals surface area contributed by atoms with Crippen LogP contribution in [0.1, 0.15) is 5.69 Å². The molecule has 0 saturated heterocycles. The number of ether oxygens (including phenoxy) is 1. The number of rotatable bonds is 4. The van der Waals surface area contributed by atoms with Crippen molar-refractivity contribution in [3.05, 3.63) is 42.0 Å². The van der Waals surface area contributed by atoms with E-state index in [9.17, 15) is 4.39 Å². The second kappa shape index (κ2) is 5.31. The monoisotopic (exact) mass is 248 g/mol. The number of benzene rings is 1. The molecule has 0 aliphatic rings. The molecule has 1 heterocycles. The van der Waals surface area contributed by atoms with Crippen LogP contribution in [0.4, 0.5) is 15.8 Å². The first kappa shape index (κ1) is 12.1. The number of nitrogen functional groups attached to an aromatic ring is 1. The van der Waals surface area contributed by atoms with Crippen LogP contribution < -0.4 is 15.8 Å². The molecule has 94 valence electrons. The number of aromatic nitrogens is 2. The van der Waals surface area contributed by atoms with Gasteiger partial charge >= 0.3 is 0 Å². The van der Waals surface area contributed by atoms with Crippen LogP contribution in [0.25, 0.3) is 0 Å². The standard InChI is InChI=1S/C12H13FN4O/c1-18-12-6-11(9(13)5-10(12)14)15-7-8-3-2-4-16-17-8/h2-6,15H,7,14H2,1H3. The van der Waals surface area contributed by atoms with Gasteiger partial charge < -0.3 is 15.8 Å². The lowest BCUT2D eigenvalue weighted by Gasteiger charge is -2.10. The van der Waals surface area contributed by atoms with Gasteiger partial charge in [-0.2, -0.15) is 10.2 Å². The predicted molar refractivity (Wildman–Crippen MR) is 66.7 cm³/mol. The van der Waals surface area contributed by atoms with E-state index >= 15 is 0 Å². The van der Waals surface area contributed by atoms with Crippen molar-refractivity contribution in [1.82, 2.24) is 10.2 Å². The van der Waals surface area contributed by atoms with Crippen LogP contribution in [-0.4, -0.2) is 17.3 Å². The largest absolute Gasteiger partial charge is 0.495 e. The van der Waals surface area contributed by atoms with Gasteiger partial charge in [-0.05, 0) is 12.1 Å². The van der Waals surface area contributed by atoms with Crippen molar-refractivity contribution < 1.29 is 9.13 Å². The van der Waals surface area contributed by atoms with E-state index in [-0.39, 0.29) is 5.69 Å². The maximum Gasteiger partial charge on any atom is 0.148 e. The first-order valence-electron chi connectivity index (χ1n) is 5.34. The molecule has 0 amide bonds. The van der Waals surface area contributed by atoms with E-state index < -0.39 is 5.82 Å². The quantitative estimate of drug-likeness (QED) is 0.807. The van der Waals surface area contributed by atoms with Crippen molar-refractivity contribution in [2.75, 3.05) is 18.2 Å². The van der Waals surface area contributed by atoms with Crippen LogP contribution in [0, 0.1) is 5.82 Å². The van der Waals surface area contributed by atoms with Gasteiger partial charge in [-0.1, -0.05) is 0 Å². The fourth-order valence-corrected chi connectivity index (χ4v) is 1.49. The molecule has 0 unspecified atom stereocenters. The summed E-state index contributed by atoms with van der Waals surface area (Å²) in [6.45, 7) is 0.373. The fraction of sp³-hybridized carbons (Fsp3) is 0.167. The van der Waals surface area contributed by atoms with Gasteiger partial charge in [0, 0.05) is 18.3 Å². The summed E-state index contributed by atoms with van der Waals surface area (Å²) in [5, 5.41) is 10.5. The molecule has 1 aromatic carbocycles. The number of methoxy groups -OCH3 is 1. The first-order chi connectivity index (χ1) is 8.70. The lowest BCUT2D eigenvalue weighted by molar-refractivity contribution is 0.416. The lowest BCUT2D eigenvalue weighted by Crippen LogP contribution is -2.05. The number of hydrogen-bond donors (Lipinski definition) is 2. The summed E-state index contributed by atoms with van der Waals surface area (Å²) in [6.07, 6.45) is 1.58. The van der Waals surface area contributed by atoms with Crippen LogP contribution in [0.15, 0.2) is 30.5 Å². The topological polar surface area (TPSA) is 73.1 Å². The van der Waals surface area contributed by atoms with Crippen molar-refractivity contribution in [2.24, 2.45) is 0 Å². The van der Waals surface area contributed by atoms with E-state index in [4.69, 9.17) is 10.5 Å². The van der Waals surface area contributed by atoms with Gasteiger partial charge in [0.15, 0.2) is 0 Å². The van der Waals surface area contributed by atoms with Crippen molar-refractivity contribution in [3.8, 4) is 5.75 Å². The number of hydrogen-bond acceptors (Lipinski definition) is 5. The molecule has 0 aliphatic heterocycles. The lowest BCUT2D eigenvalue weighted by atomic mass is 10.2. The molecule has 0 aliphatic carbocycles. The Morgan fingerprint density at radius 2 is 2.28 bits per heavy atom. The van der Waals surface area contributed by atoms with Crippen LogP contribution in [0.2, 0.25) is 0 Å². The smallest absolute Gasteiger partial charge is 0.148 e. The highest BCUT2D eigenvalue weighted by molar-refractivity contribution is 5.62. The van der Waals surface area contributed by atoms with Crippen molar-refractivity contribution in [3.63, 3.8) is 0 Å². The number of nitrogens with two attached hydrogens (primary N) is 1. The third kappa shape index (κ3) is 2.65. The maximum absolute atomic E-state index is 13.6. The zero-order chi connectivity index (χ0) is 13.0. The van der Waals surface area contributed by atoms with Crippen LogP contribution in [-0.2, 0) is 6.54 Å². The molecular formula is C12H13FN4O. The molecule has 18 heavy (non-hydrogen) atoms. The highest BCUT2D eigenvalue weighted by atomic mass is 19.1. The summed E-state index contributed by atoms with van der Waals surface area (Å²) < 4.78 is 18.7. The Kier molecular flexibility index (Phi) is 3.57. The van der Waals surface area contributed by atoms with E-state index in [1.165, 1.54) is 19.2 Å². The average Bonchev–Trinajstić information content (AvgIpc) is 2.39. The van der Waals surface area contributed by atoms with Gasteiger partial charge in [-0.25, -0.2) is 4.39 Å². The minimum atomic E-state index is -0.433. The molecule has 2 aromatic rings. The Balaban J connectivity index is 2.14. The van der Waals surface area contributed by atoms with E-state index in [2.05, 4.69) is 15.5 Å². The zero-order valence-electron chi connectivity index (χ0n) is 9.85. The Morgan fingerprint density at radius 1 is 1.44 bits per heavy atom. The molecule has 1 aromatic heterocycles. The number of nitrogens with one attached hydrogen (secondary N) is 1. The maximum atomic E-state index is 13.6. The van der Waals surface area contributed by atoms with Gasteiger partial charge in [-0.3, -0.25) is 0 Å². The van der Waals surface area contributed by atoms with Gasteiger partial charge in [-0.15, -0.1) is 0 Å². The van der Waals surface area contributed by atoms with Gasteiger partial charge in [0.2, 0.25) is 0 Å². The Labute approximate surface area is 104 Å². The summed E-state index contributed by atoms with van der Waals surface area (Å²) in [7, 11) is 1.48. The molecule has 3 N–H and O–H groups in total. The molecule has 0 radical (unpaired) electrons. The third-order valence-electron chi connectivity index (χ3n) is 2.41. The van der Waals surface area contributed by atoms with Gasteiger partial charge in [0.25, 0.3) is 0 Å². The molecule has 6 heteroatoms. The normalized spacial score (nSPS) is 10.1. The van der Waals surface area contributed by atoms with Crippen LogP contribution >= 0.6 is 0 Å². The second-order valence-electron chi connectivity index (χ2n) is 3.64. The zero-order valence-corrected chi connectivity index (χ0v) is 9.85. The minimum Gasteiger partial charge on any atom is -0.495 e. The molecule has 0 atom stereocenters. The Morgan fingerprint density at radius 3 is 2.94 bits per heavy atom. The van der Waals surface area contributed by atoms with Gasteiger partial charge in [0.05, 0.1) is 30.7 Å². The average molecular weight is 248 g/mol. The fourth-order valence-electron chi connectivity index (χ4n) is 1.49. The minimum absolute atomic E-state index is 0.264. The van der Waals surface area contributed by atoms with E-state index in [1.807, 2.05) is 0 Å². The van der Waals surface area contributed by atoms with Crippen LogP contribution in [0.3, 0.4) is 0 Å². The van der Waals surface area contributed by atoms with Gasteiger partial charge in [0.1, 0.15) is 11.6 Å². The number of nitrogens with zero attached hydrogens (tertiary/aromatic N) is 2. The molecule has 0 saturated carbocycles. The summed E-state index contributed by atoms with van der Waals surface area (Å²) in [5.74, 6) is -0.00441. The number of halogens is 1. The summed E-state index contributed by atoms with van der Waals surface area (Å²) in [6, 6.07) is 6.30. The molecule has 0 fully saturated rings. The SMILES string of the molecule is COc1cc(NCc2cccnn2)c(F)cc1N. The second-order valence-corrected chi connectivity index (χ2v) is 3.64. The third-order valence-corrected chi connectivity index (χ3v) is 2.41. The summed E-state index contributed by atoms with van der Waals surface area (Å²) in [5.41, 5.74) is 6.88. The summed E-state index contributed by atoms with van der Waals surface area (Å²) >= 11 is 0. The molecule has 2 rings (SSSR count). The predicted octanol–water partition coefficient (Wildman–Crippen LogP) is 1.82. The van der Waals surface area contributed by atoms with Crippen LogP contribution in [0.5, 0.6) is 5.75 Å². The van der Waals surface area contributed by atoms with E-state index in [0.29, 0.717) is 23.7 Å². The molecule has 0 spiro atoms. The highest BCUT2D eigenvalue weighted by Crippen LogP contribution is 2.28. The number of anilines is 2. The summed E-state index contributed by atoms with van der Waals surface area (Å²) in [4.78, 5) is 0.